The molecule has 20 heavy (non-hydrogen) atoms. The lowest BCUT2D eigenvalue weighted by Gasteiger charge is -2.25. The Kier molecular flexibility index (Phi) is 3.42. The monoisotopic (exact) mass is 273 g/mol. The van der Waals surface area contributed by atoms with Crippen molar-refractivity contribution >= 4 is 11.8 Å². The van der Waals surface area contributed by atoms with E-state index in [9.17, 15) is 9.59 Å². The largest absolute Gasteiger partial charge is 0.334 e. The van der Waals surface area contributed by atoms with E-state index >= 15 is 0 Å². The molecule has 3 rings (SSSR count). The highest BCUT2D eigenvalue weighted by molar-refractivity contribution is 5.90. The summed E-state index contributed by atoms with van der Waals surface area (Å²) in [5, 5.41) is 0. The predicted molar refractivity (Wildman–Crippen MR) is 73.7 cm³/mol. The zero-order chi connectivity index (χ0) is 14.1. The highest BCUT2D eigenvalue weighted by Gasteiger charge is 2.39. The summed E-state index contributed by atoms with van der Waals surface area (Å²) in [7, 11) is 0. The van der Waals surface area contributed by atoms with E-state index < -0.39 is 0 Å². The molecule has 1 unspecified atom stereocenters. The lowest BCUT2D eigenvalue weighted by atomic mass is 10.2. The molecular weight excluding hydrogens is 254 g/mol. The summed E-state index contributed by atoms with van der Waals surface area (Å²) in [6.45, 7) is 3.67. The number of pyridine rings is 1. The van der Waals surface area contributed by atoms with Crippen molar-refractivity contribution < 1.29 is 9.59 Å². The summed E-state index contributed by atoms with van der Waals surface area (Å²) in [6, 6.07) is 5.58. The molecule has 0 aromatic carbocycles. The molecule has 106 valence electrons. The summed E-state index contributed by atoms with van der Waals surface area (Å²) in [6.07, 6.45) is 2.15. The van der Waals surface area contributed by atoms with Crippen molar-refractivity contribution in [2.75, 3.05) is 13.1 Å². The van der Waals surface area contributed by atoms with Gasteiger partial charge in [-0.05, 0) is 31.9 Å². The maximum Gasteiger partial charge on any atom is 0.245 e. The Morgan fingerprint density at radius 1 is 1.30 bits per heavy atom. The second-order valence-corrected chi connectivity index (χ2v) is 5.53. The quantitative estimate of drug-likeness (QED) is 0.811. The van der Waals surface area contributed by atoms with Crippen LogP contribution in [0.1, 0.15) is 30.7 Å². The van der Waals surface area contributed by atoms with E-state index in [-0.39, 0.29) is 17.9 Å². The molecule has 2 amide bonds. The fourth-order valence-corrected chi connectivity index (χ4v) is 3.06. The molecule has 2 aliphatic rings. The first-order chi connectivity index (χ1) is 9.65. The lowest BCUT2D eigenvalue weighted by molar-refractivity contribution is -0.139. The minimum Gasteiger partial charge on any atom is -0.334 e. The fraction of sp³-hybridized carbons (Fsp3) is 0.533. The van der Waals surface area contributed by atoms with Crippen LogP contribution < -0.4 is 0 Å². The summed E-state index contributed by atoms with van der Waals surface area (Å²) < 4.78 is 0. The van der Waals surface area contributed by atoms with Crippen molar-refractivity contribution in [1.29, 1.82) is 0 Å². The average molecular weight is 273 g/mol. The number of hydrogen-bond acceptors (Lipinski definition) is 3. The SMILES string of the molecule is Cc1cccc(CN2CCC(=O)N3CCCC3C2=O)n1. The third-order valence-electron chi connectivity index (χ3n) is 4.06. The van der Waals surface area contributed by atoms with E-state index in [4.69, 9.17) is 0 Å². The van der Waals surface area contributed by atoms with Crippen LogP contribution >= 0.6 is 0 Å². The van der Waals surface area contributed by atoms with Crippen LogP contribution in [-0.2, 0) is 16.1 Å². The number of fused-ring (bicyclic) bond motifs is 1. The molecule has 5 heteroatoms. The minimum absolute atomic E-state index is 0.0802. The van der Waals surface area contributed by atoms with Crippen LogP contribution in [0.25, 0.3) is 0 Å². The molecule has 0 N–H and O–H groups in total. The first-order valence-electron chi connectivity index (χ1n) is 7.16. The van der Waals surface area contributed by atoms with Gasteiger partial charge in [0.1, 0.15) is 6.04 Å². The predicted octanol–water partition coefficient (Wildman–Crippen LogP) is 1.11. The summed E-state index contributed by atoms with van der Waals surface area (Å²) in [5.41, 5.74) is 1.83. The number of rotatable bonds is 2. The zero-order valence-electron chi connectivity index (χ0n) is 11.7. The summed E-state index contributed by atoms with van der Waals surface area (Å²) in [5.74, 6) is 0.192. The Balaban J connectivity index is 1.79. The zero-order valence-corrected chi connectivity index (χ0v) is 11.7. The third-order valence-corrected chi connectivity index (χ3v) is 4.06. The highest BCUT2D eigenvalue weighted by atomic mass is 16.2. The molecule has 0 aliphatic carbocycles. The second kappa shape index (κ2) is 5.23. The molecule has 1 aromatic heterocycles. The molecule has 5 nitrogen and oxygen atoms in total. The fourth-order valence-electron chi connectivity index (χ4n) is 3.06. The number of carbonyl (C=O) groups is 2. The Morgan fingerprint density at radius 2 is 2.15 bits per heavy atom. The molecule has 0 radical (unpaired) electrons. The standard InChI is InChI=1S/C15H19N3O2/c1-11-4-2-5-12(16-11)10-17-9-7-14(19)18-8-3-6-13(18)15(17)20/h2,4-5,13H,3,6-10H2,1H3. The van der Waals surface area contributed by atoms with Crippen LogP contribution in [0.5, 0.6) is 0 Å². The number of aromatic nitrogens is 1. The highest BCUT2D eigenvalue weighted by Crippen LogP contribution is 2.24. The van der Waals surface area contributed by atoms with E-state index in [0.717, 1.165) is 30.8 Å². The summed E-state index contributed by atoms with van der Waals surface area (Å²) >= 11 is 0. The maximum atomic E-state index is 12.6. The molecule has 1 aromatic rings. The van der Waals surface area contributed by atoms with Gasteiger partial charge in [-0.2, -0.15) is 0 Å². The van der Waals surface area contributed by atoms with Crippen LogP contribution in [0, 0.1) is 6.92 Å². The van der Waals surface area contributed by atoms with Crippen LogP contribution in [0.15, 0.2) is 18.2 Å². The average Bonchev–Trinajstić information content (AvgIpc) is 2.88. The summed E-state index contributed by atoms with van der Waals surface area (Å²) in [4.78, 5) is 32.6. The van der Waals surface area contributed by atoms with Crippen LogP contribution in [0.2, 0.25) is 0 Å². The van der Waals surface area contributed by atoms with Crippen molar-refractivity contribution in [3.05, 3.63) is 29.6 Å². The van der Waals surface area contributed by atoms with Crippen molar-refractivity contribution in [2.24, 2.45) is 0 Å². The van der Waals surface area contributed by atoms with Gasteiger partial charge in [0, 0.05) is 25.2 Å². The number of nitrogens with zero attached hydrogens (tertiary/aromatic N) is 3. The first kappa shape index (κ1) is 13.1. The van der Waals surface area contributed by atoms with Gasteiger partial charge >= 0.3 is 0 Å². The topological polar surface area (TPSA) is 53.5 Å². The smallest absolute Gasteiger partial charge is 0.245 e. The van der Waals surface area contributed by atoms with Gasteiger partial charge in [-0.3, -0.25) is 14.6 Å². The van der Waals surface area contributed by atoms with Crippen molar-refractivity contribution in [3.8, 4) is 0 Å². The van der Waals surface area contributed by atoms with Crippen molar-refractivity contribution in [1.82, 2.24) is 14.8 Å². The van der Waals surface area contributed by atoms with Gasteiger partial charge in [-0.15, -0.1) is 0 Å². The van der Waals surface area contributed by atoms with Gasteiger partial charge in [0.05, 0.1) is 12.2 Å². The molecule has 0 spiro atoms. The molecule has 2 aliphatic heterocycles. The Hall–Kier alpha value is -1.91. The van der Waals surface area contributed by atoms with Crippen molar-refractivity contribution in [2.45, 2.75) is 38.8 Å². The number of amides is 2. The van der Waals surface area contributed by atoms with E-state index in [0.29, 0.717) is 19.5 Å². The molecule has 2 saturated heterocycles. The van der Waals surface area contributed by atoms with Crippen molar-refractivity contribution in [3.63, 3.8) is 0 Å². The molecule has 0 bridgehead atoms. The van der Waals surface area contributed by atoms with Crippen LogP contribution in [-0.4, -0.2) is 45.7 Å². The molecule has 3 heterocycles. The van der Waals surface area contributed by atoms with Crippen LogP contribution in [0.3, 0.4) is 0 Å². The molecule has 2 fully saturated rings. The molecule has 1 atom stereocenters. The van der Waals surface area contributed by atoms with Gasteiger partial charge in [0.15, 0.2) is 0 Å². The first-order valence-corrected chi connectivity index (χ1v) is 7.16. The molecular formula is C15H19N3O2. The minimum atomic E-state index is -0.241. The van der Waals surface area contributed by atoms with Crippen LogP contribution in [0.4, 0.5) is 0 Å². The Labute approximate surface area is 118 Å². The van der Waals surface area contributed by atoms with Gasteiger partial charge in [0.25, 0.3) is 0 Å². The maximum absolute atomic E-state index is 12.6. The number of carbonyl (C=O) groups excluding carboxylic acids is 2. The number of aryl methyl sites for hydroxylation is 1. The van der Waals surface area contributed by atoms with E-state index in [1.54, 1.807) is 9.80 Å². The van der Waals surface area contributed by atoms with Gasteiger partial charge in [-0.25, -0.2) is 0 Å². The Morgan fingerprint density at radius 3 is 2.95 bits per heavy atom. The normalized spacial score (nSPS) is 22.9. The lowest BCUT2D eigenvalue weighted by Crippen LogP contribution is -2.43. The van der Waals surface area contributed by atoms with E-state index in [2.05, 4.69) is 4.98 Å². The Bertz CT molecular complexity index is 544. The van der Waals surface area contributed by atoms with Gasteiger partial charge < -0.3 is 9.80 Å². The van der Waals surface area contributed by atoms with E-state index in [1.807, 2.05) is 25.1 Å². The number of hydrogen-bond donors (Lipinski definition) is 0. The van der Waals surface area contributed by atoms with Gasteiger partial charge in [0.2, 0.25) is 11.8 Å². The molecule has 0 saturated carbocycles. The third kappa shape index (κ3) is 2.40. The second-order valence-electron chi connectivity index (χ2n) is 5.53. The van der Waals surface area contributed by atoms with Gasteiger partial charge in [-0.1, -0.05) is 6.07 Å². The van der Waals surface area contributed by atoms with E-state index in [1.165, 1.54) is 0 Å².